The zero-order chi connectivity index (χ0) is 17.2. The fraction of sp³-hybridized carbons (Fsp3) is 0.0556. The van der Waals surface area contributed by atoms with Gasteiger partial charge in [0.15, 0.2) is 5.17 Å². The first-order valence-corrected chi connectivity index (χ1v) is 9.65. The maximum atomic E-state index is 6.25. The van der Waals surface area contributed by atoms with Crippen LogP contribution in [0.2, 0.25) is 5.02 Å². The Morgan fingerprint density at radius 2 is 1.92 bits per heavy atom. The van der Waals surface area contributed by atoms with Crippen LogP contribution in [-0.4, -0.2) is 13.9 Å². The van der Waals surface area contributed by atoms with Crippen LogP contribution >= 0.6 is 35.1 Å². The number of benzene rings is 3. The van der Waals surface area contributed by atoms with E-state index in [4.69, 9.17) is 17.3 Å². The lowest BCUT2D eigenvalue weighted by Gasteiger charge is -2.05. The Hall–Kier alpha value is -2.15. The number of halogens is 1. The van der Waals surface area contributed by atoms with Gasteiger partial charge in [-0.1, -0.05) is 65.8 Å². The van der Waals surface area contributed by atoms with E-state index >= 15 is 0 Å². The molecule has 0 bridgehead atoms. The number of hydrogen-bond donors (Lipinski definition) is 1. The maximum absolute atomic E-state index is 6.25. The van der Waals surface area contributed by atoms with Gasteiger partial charge in [0.2, 0.25) is 0 Å². The first-order valence-electron chi connectivity index (χ1n) is 7.56. The molecule has 4 aromatic rings. The quantitative estimate of drug-likeness (QED) is 0.380. The van der Waals surface area contributed by atoms with Crippen molar-refractivity contribution < 1.29 is 0 Å². The number of hydrogen-bond acceptors (Lipinski definition) is 5. The van der Waals surface area contributed by atoms with Crippen LogP contribution in [-0.2, 0) is 5.75 Å². The third kappa shape index (κ3) is 3.46. The van der Waals surface area contributed by atoms with Crippen LogP contribution in [0.3, 0.4) is 0 Å². The minimum atomic E-state index is 0.454. The molecule has 0 aliphatic carbocycles. The number of thioether (sulfide) groups is 1. The Balaban J connectivity index is 1.56. The second-order valence-electron chi connectivity index (χ2n) is 5.45. The molecule has 2 N–H and O–H groups in total. The highest BCUT2D eigenvalue weighted by Gasteiger charge is 2.10. The van der Waals surface area contributed by atoms with Gasteiger partial charge in [0, 0.05) is 5.75 Å². The molecule has 1 heterocycles. The normalized spacial score (nSPS) is 12.1. The van der Waals surface area contributed by atoms with E-state index in [1.165, 1.54) is 28.1 Å². The fourth-order valence-corrected chi connectivity index (χ4v) is 3.93. The molecule has 0 unspecified atom stereocenters. The second-order valence-corrected chi connectivity index (χ2v) is 7.38. The van der Waals surface area contributed by atoms with Gasteiger partial charge in [-0.2, -0.15) is 8.75 Å². The molecule has 0 amide bonds. The minimum absolute atomic E-state index is 0.454. The van der Waals surface area contributed by atoms with Crippen molar-refractivity contribution in [3.63, 3.8) is 0 Å². The Kier molecular flexibility index (Phi) is 4.57. The molecular weight excluding hydrogens is 372 g/mol. The van der Waals surface area contributed by atoms with Crippen molar-refractivity contribution in [2.24, 2.45) is 10.7 Å². The fourth-order valence-electron chi connectivity index (χ4n) is 2.55. The highest BCUT2D eigenvalue weighted by molar-refractivity contribution is 8.13. The van der Waals surface area contributed by atoms with Crippen LogP contribution in [0.5, 0.6) is 0 Å². The minimum Gasteiger partial charge on any atom is -0.378 e. The molecule has 0 fully saturated rings. The van der Waals surface area contributed by atoms with E-state index < -0.39 is 0 Å². The first-order chi connectivity index (χ1) is 12.2. The van der Waals surface area contributed by atoms with Crippen LogP contribution in [0.15, 0.2) is 59.6 Å². The molecule has 0 aliphatic rings. The van der Waals surface area contributed by atoms with Crippen molar-refractivity contribution >= 4 is 67.8 Å². The topological polar surface area (TPSA) is 64.2 Å². The largest absolute Gasteiger partial charge is 0.378 e. The summed E-state index contributed by atoms with van der Waals surface area (Å²) in [6.07, 6.45) is 0. The van der Waals surface area contributed by atoms with Gasteiger partial charge in [-0.25, -0.2) is 4.99 Å². The Labute approximate surface area is 158 Å². The number of amidine groups is 1. The molecule has 0 saturated carbocycles. The van der Waals surface area contributed by atoms with Gasteiger partial charge in [0.25, 0.3) is 0 Å². The summed E-state index contributed by atoms with van der Waals surface area (Å²) in [6, 6.07) is 18.3. The van der Waals surface area contributed by atoms with E-state index in [0.717, 1.165) is 23.0 Å². The average molecular weight is 385 g/mol. The smallest absolute Gasteiger partial charge is 0.159 e. The molecule has 1 aromatic heterocycles. The molecule has 0 spiro atoms. The molecule has 0 radical (unpaired) electrons. The van der Waals surface area contributed by atoms with Crippen molar-refractivity contribution in [1.82, 2.24) is 8.75 Å². The van der Waals surface area contributed by atoms with Crippen molar-refractivity contribution in [1.29, 1.82) is 0 Å². The summed E-state index contributed by atoms with van der Waals surface area (Å²) < 4.78 is 8.46. The van der Waals surface area contributed by atoms with Gasteiger partial charge >= 0.3 is 0 Å². The molecule has 3 aromatic carbocycles. The van der Waals surface area contributed by atoms with Crippen molar-refractivity contribution in [2.75, 3.05) is 0 Å². The average Bonchev–Trinajstić information content (AvgIpc) is 3.11. The van der Waals surface area contributed by atoms with Crippen molar-refractivity contribution in [2.45, 2.75) is 5.75 Å². The standard InChI is InChI=1S/C18H13ClN4S2/c19-14-7-8-15-17(23-25-22-15)16(14)21-18(20)24-10-11-5-6-12-3-1-2-4-13(12)9-11/h1-9H,10H2,(H2,20,21). The monoisotopic (exact) mass is 384 g/mol. The van der Waals surface area contributed by atoms with Crippen LogP contribution in [0, 0.1) is 0 Å². The number of rotatable bonds is 3. The van der Waals surface area contributed by atoms with Gasteiger partial charge in [-0.05, 0) is 28.5 Å². The van der Waals surface area contributed by atoms with Crippen LogP contribution < -0.4 is 5.73 Å². The number of nitrogens with zero attached hydrogens (tertiary/aromatic N) is 3. The molecule has 124 valence electrons. The number of aliphatic imine (C=N–C) groups is 1. The first kappa shape index (κ1) is 16.3. The second kappa shape index (κ2) is 7.00. The zero-order valence-electron chi connectivity index (χ0n) is 13.0. The number of fused-ring (bicyclic) bond motifs is 2. The molecule has 4 rings (SSSR count). The lowest BCUT2D eigenvalue weighted by atomic mass is 10.1. The molecule has 25 heavy (non-hydrogen) atoms. The van der Waals surface area contributed by atoms with Crippen LogP contribution in [0.4, 0.5) is 5.69 Å². The van der Waals surface area contributed by atoms with E-state index in [0.29, 0.717) is 21.4 Å². The summed E-state index contributed by atoms with van der Waals surface area (Å²) in [7, 11) is 0. The molecule has 4 nitrogen and oxygen atoms in total. The van der Waals surface area contributed by atoms with E-state index in [9.17, 15) is 0 Å². The molecule has 0 atom stereocenters. The van der Waals surface area contributed by atoms with Crippen LogP contribution in [0.1, 0.15) is 5.56 Å². The third-order valence-corrected chi connectivity index (χ3v) is 5.49. The molecule has 7 heteroatoms. The summed E-state index contributed by atoms with van der Waals surface area (Å²) in [6.45, 7) is 0. The van der Waals surface area contributed by atoms with Crippen molar-refractivity contribution in [3.05, 3.63) is 65.2 Å². The highest BCUT2D eigenvalue weighted by Crippen LogP contribution is 2.33. The lowest BCUT2D eigenvalue weighted by Crippen LogP contribution is -2.06. The Morgan fingerprint density at radius 3 is 2.80 bits per heavy atom. The number of nitrogens with two attached hydrogens (primary N) is 1. The highest BCUT2D eigenvalue weighted by atomic mass is 35.5. The predicted octanol–water partition coefficient (Wildman–Crippen LogP) is 5.38. The summed E-state index contributed by atoms with van der Waals surface area (Å²) >= 11 is 8.87. The summed E-state index contributed by atoms with van der Waals surface area (Å²) in [5, 5.41) is 3.43. The van der Waals surface area contributed by atoms with E-state index in [1.807, 2.05) is 18.2 Å². The third-order valence-electron chi connectivity index (χ3n) is 3.77. The van der Waals surface area contributed by atoms with Gasteiger partial charge in [-0.15, -0.1) is 0 Å². The number of aromatic nitrogens is 2. The SMILES string of the molecule is NC(=Nc1c(Cl)ccc2nsnc12)SCc1ccc2ccccc2c1. The Bertz CT molecular complexity index is 1090. The molecule has 0 saturated heterocycles. The summed E-state index contributed by atoms with van der Waals surface area (Å²) in [5.74, 6) is 0.739. The summed E-state index contributed by atoms with van der Waals surface area (Å²) in [5.41, 5.74) is 9.35. The van der Waals surface area contributed by atoms with Gasteiger partial charge in [0.05, 0.1) is 16.8 Å². The lowest BCUT2D eigenvalue weighted by molar-refractivity contribution is 1.44. The predicted molar refractivity (Wildman–Crippen MR) is 109 cm³/mol. The maximum Gasteiger partial charge on any atom is 0.159 e. The van der Waals surface area contributed by atoms with E-state index in [-0.39, 0.29) is 0 Å². The van der Waals surface area contributed by atoms with E-state index in [1.54, 1.807) is 6.07 Å². The van der Waals surface area contributed by atoms with Crippen molar-refractivity contribution in [3.8, 4) is 0 Å². The zero-order valence-corrected chi connectivity index (χ0v) is 15.4. The molecular formula is C18H13ClN4S2. The van der Waals surface area contributed by atoms with Gasteiger partial charge < -0.3 is 5.73 Å². The summed E-state index contributed by atoms with van der Waals surface area (Å²) in [4.78, 5) is 4.47. The van der Waals surface area contributed by atoms with E-state index in [2.05, 4.69) is 44.1 Å². The van der Waals surface area contributed by atoms with Gasteiger partial charge in [-0.3, -0.25) is 0 Å². The van der Waals surface area contributed by atoms with Crippen LogP contribution in [0.25, 0.3) is 21.8 Å². The Morgan fingerprint density at radius 1 is 1.08 bits per heavy atom. The molecule has 0 aliphatic heterocycles. The van der Waals surface area contributed by atoms with Gasteiger partial charge in [0.1, 0.15) is 16.7 Å².